The summed E-state index contributed by atoms with van der Waals surface area (Å²) in [5.74, 6) is 0.0166. The van der Waals surface area contributed by atoms with Gasteiger partial charge in [-0.25, -0.2) is 0 Å². The zero-order valence-electron chi connectivity index (χ0n) is 22.5. The van der Waals surface area contributed by atoms with E-state index in [9.17, 15) is 19.8 Å². The van der Waals surface area contributed by atoms with Crippen LogP contribution >= 0.6 is 0 Å². The van der Waals surface area contributed by atoms with Crippen LogP contribution in [-0.4, -0.2) is 75.3 Å². The minimum absolute atomic E-state index is 0.0166. The molecule has 0 aromatic carbocycles. The summed E-state index contributed by atoms with van der Waals surface area (Å²) in [4.78, 5) is 28.1. The molecule has 2 rings (SSSR count). The van der Waals surface area contributed by atoms with Crippen LogP contribution in [0.5, 0.6) is 0 Å². The van der Waals surface area contributed by atoms with Crippen LogP contribution in [0.2, 0.25) is 13.3 Å². The second-order valence-electron chi connectivity index (χ2n) is 11.5. The molecule has 1 aliphatic heterocycles. The number of Topliss-reactive ketones (excluding diaryl/α,β-unsaturated/α-hetero) is 1. The summed E-state index contributed by atoms with van der Waals surface area (Å²) < 4.78 is 9.90. The predicted octanol–water partition coefficient (Wildman–Crippen LogP) is 5.77. The average molecular weight is 586 g/mol. The Hall–Kier alpha value is -0.601. The fourth-order valence-corrected chi connectivity index (χ4v) is 22.5. The topological polar surface area (TPSA) is 87.1 Å². The Bertz CT molecular complexity index is 709. The quantitative estimate of drug-likeness (QED) is 0.301. The standard InChI is InChI=1S/C15H22NO5.3C4H9.Sn/c1-14(2,3)21-13(19)16-8-4-5-11(16)15(20)9-10(17)6-7-12(15)18;3*1-3-4-2;/h7,11-12,18,20H,4-5,8-9H2,1-3H3;3*1,3-4H2,2H3;/t11-,12+,15-;;;;/m1..../s1. The molecule has 1 aliphatic carbocycles. The van der Waals surface area contributed by atoms with Gasteiger partial charge >= 0.3 is 212 Å². The van der Waals surface area contributed by atoms with Gasteiger partial charge in [-0.1, -0.05) is 0 Å². The van der Waals surface area contributed by atoms with Crippen LogP contribution in [0.25, 0.3) is 0 Å². The number of allylic oxidation sites excluding steroid dienone is 1. The van der Waals surface area contributed by atoms with Gasteiger partial charge in [0, 0.05) is 0 Å². The zero-order valence-corrected chi connectivity index (χ0v) is 25.3. The number of hydrogen-bond acceptors (Lipinski definition) is 5. The van der Waals surface area contributed by atoms with Crippen LogP contribution in [0.1, 0.15) is 99.3 Å². The van der Waals surface area contributed by atoms with E-state index in [1.807, 2.05) is 20.8 Å². The van der Waals surface area contributed by atoms with Gasteiger partial charge in [0.2, 0.25) is 0 Å². The zero-order chi connectivity index (χ0) is 25.6. The van der Waals surface area contributed by atoms with Crippen molar-refractivity contribution in [2.75, 3.05) is 6.54 Å². The monoisotopic (exact) mass is 587 g/mol. The van der Waals surface area contributed by atoms with Crippen LogP contribution in [0.15, 0.2) is 9.67 Å². The number of carbonyl (C=O) groups excluding carboxylic acids is 2. The molecule has 1 heterocycles. The van der Waals surface area contributed by atoms with E-state index in [1.54, 1.807) is 6.08 Å². The third-order valence-corrected chi connectivity index (χ3v) is 23.4. The first-order chi connectivity index (χ1) is 15.9. The van der Waals surface area contributed by atoms with Crippen molar-refractivity contribution in [1.29, 1.82) is 0 Å². The number of aliphatic hydroxyl groups excluding tert-OH is 1. The van der Waals surface area contributed by atoms with Crippen molar-refractivity contribution < 1.29 is 24.5 Å². The molecular weight excluding hydrogens is 537 g/mol. The number of nitrogens with zero attached hydrogens (tertiary/aromatic N) is 1. The molecule has 2 aliphatic rings. The molecule has 0 unspecified atom stereocenters. The number of unbranched alkanes of at least 4 members (excludes halogenated alkanes) is 3. The fraction of sp³-hybridized carbons (Fsp3) is 0.852. The molecule has 3 atom stereocenters. The molecule has 0 aromatic heterocycles. The van der Waals surface area contributed by atoms with E-state index in [-0.39, 0.29) is 12.2 Å². The van der Waals surface area contributed by atoms with Crippen molar-refractivity contribution in [3.63, 3.8) is 0 Å². The number of aliphatic hydroxyl groups is 2. The van der Waals surface area contributed by atoms with Gasteiger partial charge in [-0.05, 0) is 0 Å². The van der Waals surface area contributed by atoms with Gasteiger partial charge in [-0.3, -0.25) is 0 Å². The molecule has 0 saturated carbocycles. The Morgan fingerprint density at radius 2 is 1.65 bits per heavy atom. The van der Waals surface area contributed by atoms with Gasteiger partial charge in [-0.2, -0.15) is 0 Å². The van der Waals surface area contributed by atoms with E-state index < -0.39 is 47.8 Å². The molecule has 0 aromatic rings. The van der Waals surface area contributed by atoms with E-state index in [4.69, 9.17) is 4.74 Å². The van der Waals surface area contributed by atoms with Crippen LogP contribution in [0.3, 0.4) is 0 Å². The summed E-state index contributed by atoms with van der Waals surface area (Å²) in [6, 6.07) is -0.620. The third kappa shape index (κ3) is 7.00. The number of likely N-dealkylation sites (tertiary alicyclic amines) is 1. The van der Waals surface area contributed by atoms with E-state index in [2.05, 4.69) is 20.8 Å². The Kier molecular flexibility index (Phi) is 11.0. The summed E-state index contributed by atoms with van der Waals surface area (Å²) in [7, 11) is 0. The third-order valence-electron chi connectivity index (χ3n) is 7.64. The number of rotatable bonds is 11. The molecule has 0 radical (unpaired) electrons. The van der Waals surface area contributed by atoms with Crippen LogP contribution in [-0.2, 0) is 9.53 Å². The Labute approximate surface area is 211 Å². The maximum atomic E-state index is 13.7. The molecule has 34 heavy (non-hydrogen) atoms. The number of amides is 1. The summed E-state index contributed by atoms with van der Waals surface area (Å²) in [6.07, 6.45) is 8.00. The van der Waals surface area contributed by atoms with Crippen LogP contribution < -0.4 is 0 Å². The van der Waals surface area contributed by atoms with Gasteiger partial charge in [0.05, 0.1) is 0 Å². The first kappa shape index (κ1) is 29.6. The van der Waals surface area contributed by atoms with Crippen molar-refractivity contribution in [3.8, 4) is 0 Å². The molecule has 6 nitrogen and oxygen atoms in total. The summed E-state index contributed by atoms with van der Waals surface area (Å²) >= 11 is -3.05. The fourth-order valence-electron chi connectivity index (χ4n) is 5.79. The number of carbonyl (C=O) groups is 2. The Morgan fingerprint density at radius 3 is 2.12 bits per heavy atom. The van der Waals surface area contributed by atoms with E-state index in [1.165, 1.54) is 4.90 Å². The average Bonchev–Trinajstić information content (AvgIpc) is 3.26. The summed E-state index contributed by atoms with van der Waals surface area (Å²) in [5.41, 5.74) is -2.31. The molecular formula is C27H49NO5Sn. The summed E-state index contributed by atoms with van der Waals surface area (Å²) in [6.45, 7) is 12.5. The molecule has 1 saturated heterocycles. The first-order valence-electron chi connectivity index (χ1n) is 13.6. The molecule has 2 N–H and O–H groups in total. The molecule has 0 bridgehead atoms. The van der Waals surface area contributed by atoms with Crippen molar-refractivity contribution in [2.45, 2.75) is 136 Å². The second kappa shape index (κ2) is 12.6. The van der Waals surface area contributed by atoms with Gasteiger partial charge in [0.1, 0.15) is 0 Å². The molecule has 1 fully saturated rings. The minimum atomic E-state index is -3.05. The SMILES string of the molecule is CCC[CH2][Sn]([CH2]CCC)([CH2]CCC)[C]1=C[C@H](O)[C@](O)([C@H]2CCCN2C(=O)OC(C)(C)C)CC1=O. The Balaban J connectivity index is 2.39. The van der Waals surface area contributed by atoms with Crippen molar-refractivity contribution in [3.05, 3.63) is 9.67 Å². The van der Waals surface area contributed by atoms with Crippen molar-refractivity contribution in [2.24, 2.45) is 0 Å². The number of ketones is 1. The van der Waals surface area contributed by atoms with Gasteiger partial charge in [0.25, 0.3) is 0 Å². The molecule has 1 amide bonds. The maximum absolute atomic E-state index is 13.7. The normalized spacial score (nSPS) is 26.1. The van der Waals surface area contributed by atoms with E-state index in [0.29, 0.717) is 13.0 Å². The second-order valence-corrected chi connectivity index (χ2v) is 24.7. The van der Waals surface area contributed by atoms with Crippen LogP contribution in [0.4, 0.5) is 4.79 Å². The first-order valence-corrected chi connectivity index (χ1v) is 21.1. The Morgan fingerprint density at radius 1 is 1.12 bits per heavy atom. The van der Waals surface area contributed by atoms with Crippen molar-refractivity contribution in [1.82, 2.24) is 4.90 Å². The number of ether oxygens (including phenoxy) is 1. The summed E-state index contributed by atoms with van der Waals surface area (Å²) in [5, 5.41) is 23.0. The van der Waals surface area contributed by atoms with Crippen molar-refractivity contribution >= 4 is 30.3 Å². The predicted molar refractivity (Wildman–Crippen MR) is 140 cm³/mol. The van der Waals surface area contributed by atoms with E-state index >= 15 is 0 Å². The molecule has 0 spiro atoms. The number of hydrogen-bond donors (Lipinski definition) is 2. The van der Waals surface area contributed by atoms with E-state index in [0.717, 1.165) is 61.8 Å². The van der Waals surface area contributed by atoms with Gasteiger partial charge in [-0.15, -0.1) is 0 Å². The van der Waals surface area contributed by atoms with Crippen LogP contribution in [0, 0.1) is 0 Å². The molecule has 7 heteroatoms. The molecule has 196 valence electrons. The van der Waals surface area contributed by atoms with Gasteiger partial charge in [0.15, 0.2) is 0 Å². The van der Waals surface area contributed by atoms with Gasteiger partial charge < -0.3 is 0 Å².